The number of fused-ring (bicyclic) bond motifs is 4. The van der Waals surface area contributed by atoms with Gasteiger partial charge in [0.2, 0.25) is 0 Å². The third kappa shape index (κ3) is 10.3. The van der Waals surface area contributed by atoms with Crippen molar-refractivity contribution in [2.45, 2.75) is 143 Å². The van der Waals surface area contributed by atoms with Crippen LogP contribution in [0.5, 0.6) is 0 Å². The Hall–Kier alpha value is -5.61. The molecule has 0 spiro atoms. The molecule has 6 aromatic carbocycles. The number of nitrogens with zero attached hydrogens (tertiary/aromatic N) is 4. The molecule has 0 unspecified atom stereocenters. The first-order valence-corrected chi connectivity index (χ1v) is 25.4. The molecule has 0 saturated heterocycles. The van der Waals surface area contributed by atoms with E-state index in [1.54, 1.807) is 0 Å². The number of hydrogen-bond donors (Lipinski definition) is 0. The van der Waals surface area contributed by atoms with Crippen molar-refractivity contribution in [1.82, 2.24) is 19.9 Å². The summed E-state index contributed by atoms with van der Waals surface area (Å²) in [4.78, 5) is 20.9. The van der Waals surface area contributed by atoms with E-state index >= 15 is 0 Å². The third-order valence-electron chi connectivity index (χ3n) is 14.5. The first-order valence-electron chi connectivity index (χ1n) is 25.4. The number of hydrogen-bond acceptors (Lipinski definition) is 4. The molecule has 8 aromatic rings. The van der Waals surface area contributed by atoms with Crippen LogP contribution >= 0.6 is 0 Å². The molecule has 5 heteroatoms. The summed E-state index contributed by atoms with van der Waals surface area (Å²) in [6.45, 7) is 20.5. The fourth-order valence-corrected chi connectivity index (χ4v) is 10.3. The molecule has 0 bridgehead atoms. The predicted molar refractivity (Wildman–Crippen MR) is 286 cm³/mol. The molecule has 0 aliphatic heterocycles. The molecule has 0 saturated carbocycles. The molecule has 0 fully saturated rings. The minimum Gasteiger partial charge on any atom is -0.303 e. The Kier molecular flexibility index (Phi) is 15.0. The van der Waals surface area contributed by atoms with E-state index < -0.39 is 0 Å². The van der Waals surface area contributed by atoms with E-state index in [0.29, 0.717) is 17.5 Å². The summed E-state index contributed by atoms with van der Waals surface area (Å²) in [6.07, 6.45) is 14.3. The fraction of sp³-hybridized carbons (Fsp3) is 0.344. The normalized spacial score (nSPS) is 14.4. The molecule has 1 atom stereocenters. The number of rotatable bonds is 15. The van der Waals surface area contributed by atoms with Crippen LogP contribution in [-0.4, -0.2) is 19.9 Å². The maximum Gasteiger partial charge on any atom is 0.166 e. The van der Waals surface area contributed by atoms with E-state index in [2.05, 4.69) is 196 Å². The second-order valence-electron chi connectivity index (χ2n) is 21.5. The van der Waals surface area contributed by atoms with Gasteiger partial charge in [-0.15, -0.1) is 29.3 Å². The monoisotopic (exact) mass is 1090 g/mol. The van der Waals surface area contributed by atoms with Crippen LogP contribution in [0.3, 0.4) is 0 Å². The van der Waals surface area contributed by atoms with Crippen LogP contribution in [0.15, 0.2) is 134 Å². The molecule has 2 aromatic heterocycles. The van der Waals surface area contributed by atoms with Gasteiger partial charge in [0.05, 0.1) is 0 Å². The van der Waals surface area contributed by atoms with E-state index in [0.717, 1.165) is 51.6 Å². The average Bonchev–Trinajstić information content (AvgIpc) is 3.61. The summed E-state index contributed by atoms with van der Waals surface area (Å²) < 4.78 is 0. The molecule has 1 aliphatic rings. The van der Waals surface area contributed by atoms with Crippen LogP contribution in [0.2, 0.25) is 0 Å². The van der Waals surface area contributed by atoms with Crippen LogP contribution in [0.4, 0.5) is 0 Å². The fourth-order valence-electron chi connectivity index (χ4n) is 10.3. The van der Waals surface area contributed by atoms with Crippen molar-refractivity contribution in [2.75, 3.05) is 0 Å². The maximum atomic E-state index is 5.32. The molecule has 355 valence electrons. The summed E-state index contributed by atoms with van der Waals surface area (Å²) in [7, 11) is 0. The molecule has 0 N–H and O–H groups in total. The van der Waals surface area contributed by atoms with Gasteiger partial charge in [-0.3, -0.25) is 0 Å². The summed E-state index contributed by atoms with van der Waals surface area (Å²) in [5, 5.41) is 2.07. The Labute approximate surface area is 426 Å². The molecule has 1 radical (unpaired) electrons. The van der Waals surface area contributed by atoms with Crippen LogP contribution in [0.25, 0.3) is 67.3 Å². The van der Waals surface area contributed by atoms with Gasteiger partial charge in [-0.25, -0.2) is 15.0 Å². The van der Waals surface area contributed by atoms with Gasteiger partial charge >= 0.3 is 0 Å². The van der Waals surface area contributed by atoms with Crippen molar-refractivity contribution in [2.24, 2.45) is 0 Å². The second-order valence-corrected chi connectivity index (χ2v) is 21.5. The van der Waals surface area contributed by atoms with Crippen LogP contribution < -0.4 is 0 Å². The van der Waals surface area contributed by atoms with Gasteiger partial charge < -0.3 is 4.98 Å². The van der Waals surface area contributed by atoms with Crippen molar-refractivity contribution < 1.29 is 20.1 Å². The quantitative estimate of drug-likeness (QED) is 0.0758. The van der Waals surface area contributed by atoms with Gasteiger partial charge in [0.15, 0.2) is 17.5 Å². The zero-order chi connectivity index (χ0) is 47.6. The summed E-state index contributed by atoms with van der Waals surface area (Å²) in [5.41, 5.74) is 16.4. The molecule has 69 heavy (non-hydrogen) atoms. The predicted octanol–water partition coefficient (Wildman–Crippen LogP) is 17.1. The largest absolute Gasteiger partial charge is 0.303 e. The second kappa shape index (κ2) is 20.8. The Bertz CT molecular complexity index is 2960. The standard InChI is InChI=1S/C64H69N4.Ir/c1-10-12-14-16-22-43-38-44(23-17-15-13-11-2)40-50(39-43)64(9)56-27-21-20-25-52(56)53-37-32-47(41-57(53)64)58-54-26-19-18-24-51(54)55(42-65-58)61-67-59(45-28-33-48(34-29-45)62(3,4)5)66-60(68-61)46-30-35-49(36-31-46)63(6,7)8;/h18-21,24-31,33-42H,10-17,22-23H2,1-9H3;/q-1;/t64-;/m0./s1. The third-order valence-corrected chi connectivity index (χ3v) is 14.5. The van der Waals surface area contributed by atoms with E-state index in [1.165, 1.54) is 101 Å². The number of unbranched alkanes of at least 4 members (excludes halogenated alkanes) is 6. The van der Waals surface area contributed by atoms with Gasteiger partial charge in [0.25, 0.3) is 0 Å². The molecule has 4 nitrogen and oxygen atoms in total. The zero-order valence-corrected chi connectivity index (χ0v) is 44.8. The summed E-state index contributed by atoms with van der Waals surface area (Å²) in [5.74, 6) is 1.87. The van der Waals surface area contributed by atoms with Crippen molar-refractivity contribution in [3.8, 4) is 56.5 Å². The Morgan fingerprint density at radius 1 is 0.507 bits per heavy atom. The van der Waals surface area contributed by atoms with Gasteiger partial charge in [0, 0.05) is 48.4 Å². The Morgan fingerprint density at radius 3 is 1.58 bits per heavy atom. The first kappa shape index (κ1) is 49.8. The minimum atomic E-state index is -0.350. The number of pyridine rings is 1. The van der Waals surface area contributed by atoms with E-state index in [-0.39, 0.29) is 36.4 Å². The smallest absolute Gasteiger partial charge is 0.166 e. The van der Waals surface area contributed by atoms with E-state index in [9.17, 15) is 0 Å². The van der Waals surface area contributed by atoms with E-state index in [4.69, 9.17) is 19.9 Å². The summed E-state index contributed by atoms with van der Waals surface area (Å²) >= 11 is 0. The van der Waals surface area contributed by atoms with Crippen LogP contribution in [0.1, 0.15) is 153 Å². The molecule has 9 rings (SSSR count). The van der Waals surface area contributed by atoms with Crippen LogP contribution in [0, 0.1) is 6.07 Å². The molecule has 0 amide bonds. The van der Waals surface area contributed by atoms with Gasteiger partial charge in [-0.05, 0) is 93.3 Å². The van der Waals surface area contributed by atoms with Gasteiger partial charge in [-0.1, -0.05) is 220 Å². The number of aromatic nitrogens is 4. The average molecular weight is 1090 g/mol. The zero-order valence-electron chi connectivity index (χ0n) is 42.4. The summed E-state index contributed by atoms with van der Waals surface area (Å²) in [6, 6.07) is 50.9. The maximum absolute atomic E-state index is 5.32. The Balaban J connectivity index is 0.00000642. The van der Waals surface area contributed by atoms with Crippen molar-refractivity contribution >= 4 is 10.8 Å². The van der Waals surface area contributed by atoms with Crippen molar-refractivity contribution in [1.29, 1.82) is 0 Å². The molecular formula is C64H69IrN4-. The first-order chi connectivity index (χ1) is 32.8. The number of benzene rings is 6. The van der Waals surface area contributed by atoms with Crippen molar-refractivity contribution in [3.63, 3.8) is 0 Å². The minimum absolute atomic E-state index is 0. The topological polar surface area (TPSA) is 51.6 Å². The van der Waals surface area contributed by atoms with Gasteiger partial charge in [-0.2, -0.15) is 0 Å². The van der Waals surface area contributed by atoms with E-state index in [1.807, 2.05) is 6.20 Å². The van der Waals surface area contributed by atoms with Crippen molar-refractivity contribution in [3.05, 3.63) is 179 Å². The number of aryl methyl sites for hydroxylation is 2. The SMILES string of the molecule is CCCCCCc1cc(CCCCCC)cc([C@@]2(C)c3ccccc3-c3c[c-]c(-c4ncc(-c5nc(-c6ccc(C(C)(C)C)cc6)nc(-c6ccc(C(C)(C)C)cc6)n5)c5ccccc45)cc32)c1.[Ir]. The molecule has 1 aliphatic carbocycles. The molecule has 2 heterocycles. The van der Waals surface area contributed by atoms with Gasteiger partial charge in [0.1, 0.15) is 0 Å². The Morgan fingerprint density at radius 2 is 1.03 bits per heavy atom. The molecular weight excluding hydrogens is 1020 g/mol. The van der Waals surface area contributed by atoms with Crippen LogP contribution in [-0.2, 0) is 49.2 Å².